The van der Waals surface area contributed by atoms with E-state index in [0.717, 1.165) is 12.1 Å². The smallest absolute Gasteiger partial charge is 0.322 e. The van der Waals surface area contributed by atoms with E-state index >= 15 is 0 Å². The van der Waals surface area contributed by atoms with Crippen molar-refractivity contribution in [3.05, 3.63) is 42.0 Å². The summed E-state index contributed by atoms with van der Waals surface area (Å²) < 4.78 is 38.9. The molecule has 0 saturated heterocycles. The number of amides is 1. The number of hydrogen-bond donors (Lipinski definition) is 1. The summed E-state index contributed by atoms with van der Waals surface area (Å²) >= 11 is 0. The minimum absolute atomic E-state index is 0.0443. The molecule has 2 nitrogen and oxygen atoms in total. The van der Waals surface area contributed by atoms with Crippen molar-refractivity contribution in [1.29, 1.82) is 0 Å². The van der Waals surface area contributed by atoms with E-state index in [1.807, 2.05) is 13.8 Å². The van der Waals surface area contributed by atoms with Crippen LogP contribution in [0.3, 0.4) is 0 Å². The zero-order valence-corrected chi connectivity index (χ0v) is 10.8. The molecule has 0 atom stereocenters. The first-order valence-corrected chi connectivity index (χ1v) is 5.88. The topological polar surface area (TPSA) is 29.1 Å². The molecule has 1 N–H and O–H groups in total. The van der Waals surface area contributed by atoms with Gasteiger partial charge in [0, 0.05) is 5.69 Å². The highest BCUT2D eigenvalue weighted by atomic mass is 19.4. The first kappa shape index (κ1) is 15.3. The number of benzene rings is 1. The van der Waals surface area contributed by atoms with Crippen LogP contribution < -0.4 is 5.32 Å². The van der Waals surface area contributed by atoms with E-state index in [9.17, 15) is 18.0 Å². The summed E-state index contributed by atoms with van der Waals surface area (Å²) in [6.45, 7) is 6.94. The molecular formula is C14H16F3NO. The Kier molecular flexibility index (Phi) is 4.75. The minimum Gasteiger partial charge on any atom is -0.322 e. The highest BCUT2D eigenvalue weighted by molar-refractivity contribution is 5.99. The van der Waals surface area contributed by atoms with Crippen LogP contribution in [0.2, 0.25) is 0 Å². The summed E-state index contributed by atoms with van der Waals surface area (Å²) in [5.74, 6) is -0.479. The molecule has 104 valence electrons. The van der Waals surface area contributed by atoms with E-state index in [2.05, 4.69) is 11.9 Å². The lowest BCUT2D eigenvalue weighted by molar-refractivity contribution is -0.138. The maximum absolute atomic E-state index is 13.0. The van der Waals surface area contributed by atoms with Gasteiger partial charge < -0.3 is 5.32 Å². The standard InChI is InChI=1S/C14H16F3NO/c1-4-13(19)18-12-7-5-6-11(14(15,16)17)10(12)8-9(2)3/h4-7,9H,1,8H2,2-3H3,(H,18,19). The third kappa shape index (κ3) is 4.12. The highest BCUT2D eigenvalue weighted by Gasteiger charge is 2.34. The fourth-order valence-electron chi connectivity index (χ4n) is 1.78. The lowest BCUT2D eigenvalue weighted by Crippen LogP contribution is -2.16. The van der Waals surface area contributed by atoms with E-state index in [1.54, 1.807) is 0 Å². The van der Waals surface area contributed by atoms with Gasteiger partial charge in [-0.05, 0) is 36.1 Å². The molecule has 19 heavy (non-hydrogen) atoms. The van der Waals surface area contributed by atoms with Crippen molar-refractivity contribution in [1.82, 2.24) is 0 Å². The molecule has 0 bridgehead atoms. The van der Waals surface area contributed by atoms with Crippen LogP contribution >= 0.6 is 0 Å². The third-order valence-electron chi connectivity index (χ3n) is 2.54. The molecule has 0 unspecified atom stereocenters. The molecule has 0 aliphatic rings. The van der Waals surface area contributed by atoms with Crippen LogP contribution in [0.4, 0.5) is 18.9 Å². The lowest BCUT2D eigenvalue weighted by atomic mass is 9.95. The average Bonchev–Trinajstić information content (AvgIpc) is 2.29. The Morgan fingerprint density at radius 2 is 2.05 bits per heavy atom. The molecule has 0 aliphatic carbocycles. The largest absolute Gasteiger partial charge is 0.416 e. The first-order chi connectivity index (χ1) is 8.75. The van der Waals surface area contributed by atoms with Crippen LogP contribution in [-0.2, 0) is 17.4 Å². The van der Waals surface area contributed by atoms with Gasteiger partial charge in [-0.3, -0.25) is 4.79 Å². The zero-order valence-electron chi connectivity index (χ0n) is 10.8. The fraction of sp³-hybridized carbons (Fsp3) is 0.357. The number of alkyl halides is 3. The van der Waals surface area contributed by atoms with Crippen molar-refractivity contribution in [2.24, 2.45) is 5.92 Å². The van der Waals surface area contributed by atoms with Crippen molar-refractivity contribution < 1.29 is 18.0 Å². The van der Waals surface area contributed by atoms with Crippen molar-refractivity contribution in [3.63, 3.8) is 0 Å². The van der Waals surface area contributed by atoms with Gasteiger partial charge in [-0.25, -0.2) is 0 Å². The first-order valence-electron chi connectivity index (χ1n) is 5.88. The Morgan fingerprint density at radius 1 is 1.42 bits per heavy atom. The van der Waals surface area contributed by atoms with Crippen LogP contribution in [0.15, 0.2) is 30.9 Å². The number of anilines is 1. The monoisotopic (exact) mass is 271 g/mol. The van der Waals surface area contributed by atoms with Gasteiger partial charge in [0.1, 0.15) is 0 Å². The van der Waals surface area contributed by atoms with Crippen LogP contribution in [0.5, 0.6) is 0 Å². The molecule has 0 spiro atoms. The van der Waals surface area contributed by atoms with E-state index in [0.29, 0.717) is 0 Å². The second kappa shape index (κ2) is 5.91. The molecule has 1 aromatic carbocycles. The fourth-order valence-corrected chi connectivity index (χ4v) is 1.78. The molecule has 0 saturated carbocycles. The van der Waals surface area contributed by atoms with Crippen LogP contribution in [0, 0.1) is 5.92 Å². The molecule has 0 fully saturated rings. The molecular weight excluding hydrogens is 255 g/mol. The number of hydrogen-bond acceptors (Lipinski definition) is 1. The van der Waals surface area contributed by atoms with E-state index in [4.69, 9.17) is 0 Å². The van der Waals surface area contributed by atoms with Crippen molar-refractivity contribution in [2.75, 3.05) is 5.32 Å². The summed E-state index contributed by atoms with van der Waals surface area (Å²) in [6.07, 6.45) is -3.17. The number of halogens is 3. The van der Waals surface area contributed by atoms with Crippen LogP contribution in [0.1, 0.15) is 25.0 Å². The Morgan fingerprint density at radius 3 is 2.53 bits per heavy atom. The number of nitrogens with one attached hydrogen (secondary N) is 1. The molecule has 5 heteroatoms. The second-order valence-corrected chi connectivity index (χ2v) is 4.62. The van der Waals surface area contributed by atoms with Gasteiger partial charge in [0.2, 0.25) is 5.91 Å². The van der Waals surface area contributed by atoms with E-state index < -0.39 is 17.6 Å². The third-order valence-corrected chi connectivity index (χ3v) is 2.54. The summed E-state index contributed by atoms with van der Waals surface area (Å²) in [6, 6.07) is 3.78. The summed E-state index contributed by atoms with van der Waals surface area (Å²) in [5.41, 5.74) is -0.406. The molecule has 0 aromatic heterocycles. The average molecular weight is 271 g/mol. The van der Waals surface area contributed by atoms with E-state index in [1.165, 1.54) is 12.1 Å². The van der Waals surface area contributed by atoms with Crippen molar-refractivity contribution in [2.45, 2.75) is 26.4 Å². The predicted octanol–water partition coefficient (Wildman–Crippen LogP) is 4.03. The zero-order chi connectivity index (χ0) is 14.6. The quantitative estimate of drug-likeness (QED) is 0.823. The van der Waals surface area contributed by atoms with Gasteiger partial charge in [-0.15, -0.1) is 0 Å². The lowest BCUT2D eigenvalue weighted by Gasteiger charge is -2.18. The highest BCUT2D eigenvalue weighted by Crippen LogP contribution is 2.36. The molecule has 1 rings (SSSR count). The SMILES string of the molecule is C=CC(=O)Nc1cccc(C(F)(F)F)c1CC(C)C. The molecule has 1 amide bonds. The van der Waals surface area contributed by atoms with Crippen LogP contribution in [0.25, 0.3) is 0 Å². The van der Waals surface area contributed by atoms with E-state index in [-0.39, 0.29) is 23.6 Å². The number of rotatable bonds is 4. The van der Waals surface area contributed by atoms with Gasteiger partial charge in [0.25, 0.3) is 0 Å². The Hall–Kier alpha value is -1.78. The molecule has 0 aliphatic heterocycles. The van der Waals surface area contributed by atoms with Crippen molar-refractivity contribution in [3.8, 4) is 0 Å². The van der Waals surface area contributed by atoms with Gasteiger partial charge >= 0.3 is 6.18 Å². The van der Waals surface area contributed by atoms with Gasteiger partial charge in [-0.2, -0.15) is 13.2 Å². The molecule has 0 heterocycles. The van der Waals surface area contributed by atoms with Crippen LogP contribution in [-0.4, -0.2) is 5.91 Å². The molecule has 0 radical (unpaired) electrons. The maximum Gasteiger partial charge on any atom is 0.416 e. The van der Waals surface area contributed by atoms with Gasteiger partial charge in [-0.1, -0.05) is 26.5 Å². The Balaban J connectivity index is 3.29. The van der Waals surface area contributed by atoms with Crippen molar-refractivity contribution >= 4 is 11.6 Å². The summed E-state index contributed by atoms with van der Waals surface area (Å²) in [5, 5.41) is 2.42. The summed E-state index contributed by atoms with van der Waals surface area (Å²) in [4.78, 5) is 11.3. The molecule has 1 aromatic rings. The summed E-state index contributed by atoms with van der Waals surface area (Å²) in [7, 11) is 0. The second-order valence-electron chi connectivity index (χ2n) is 4.62. The Bertz CT molecular complexity index is 478. The normalized spacial score (nSPS) is 11.5. The number of carbonyl (C=O) groups is 1. The Labute approximate surface area is 110 Å². The maximum atomic E-state index is 13.0. The van der Waals surface area contributed by atoms with Gasteiger partial charge in [0.15, 0.2) is 0 Å². The minimum atomic E-state index is -4.43. The predicted molar refractivity (Wildman–Crippen MR) is 68.8 cm³/mol. The van der Waals surface area contributed by atoms with Gasteiger partial charge in [0.05, 0.1) is 5.56 Å². The number of carbonyl (C=O) groups excluding carboxylic acids is 1.